The largest absolute Gasteiger partial charge is 0.378 e. The van der Waals surface area contributed by atoms with Gasteiger partial charge in [0, 0.05) is 11.6 Å². The molecular formula is C15H13BrN4S. The molecule has 0 saturated carbocycles. The van der Waals surface area contributed by atoms with Gasteiger partial charge in [0.15, 0.2) is 0 Å². The Morgan fingerprint density at radius 2 is 2.19 bits per heavy atom. The van der Waals surface area contributed by atoms with Crippen LogP contribution in [0.15, 0.2) is 46.6 Å². The van der Waals surface area contributed by atoms with E-state index in [1.807, 2.05) is 31.3 Å². The standard InChI is InChI=1S/C15H13BrN4S/c1-10-6-11(7-19-14(10)16)18-8-12-9-21-15(20-12)13-4-2-3-5-17-13/h2-7,9,18H,8H2,1H3. The second-order valence-corrected chi connectivity index (χ2v) is 6.15. The van der Waals surface area contributed by atoms with E-state index in [0.29, 0.717) is 6.54 Å². The number of rotatable bonds is 4. The molecule has 0 aliphatic rings. The van der Waals surface area contributed by atoms with Crippen molar-refractivity contribution in [1.82, 2.24) is 15.0 Å². The van der Waals surface area contributed by atoms with E-state index in [0.717, 1.165) is 32.2 Å². The van der Waals surface area contributed by atoms with Crippen molar-refractivity contribution < 1.29 is 0 Å². The molecule has 0 aliphatic heterocycles. The average Bonchev–Trinajstić information content (AvgIpc) is 2.98. The highest BCUT2D eigenvalue weighted by Crippen LogP contribution is 2.22. The third-order valence-electron chi connectivity index (χ3n) is 2.92. The third-order valence-corrected chi connectivity index (χ3v) is 4.67. The van der Waals surface area contributed by atoms with Gasteiger partial charge in [-0.1, -0.05) is 6.07 Å². The molecule has 0 bridgehead atoms. The van der Waals surface area contributed by atoms with Gasteiger partial charge >= 0.3 is 0 Å². The molecule has 0 radical (unpaired) electrons. The van der Waals surface area contributed by atoms with Gasteiger partial charge in [0.25, 0.3) is 0 Å². The highest BCUT2D eigenvalue weighted by Gasteiger charge is 2.05. The van der Waals surface area contributed by atoms with Gasteiger partial charge in [-0.05, 0) is 46.6 Å². The summed E-state index contributed by atoms with van der Waals surface area (Å²) in [5, 5.41) is 6.33. The van der Waals surface area contributed by atoms with Crippen molar-refractivity contribution in [2.75, 3.05) is 5.32 Å². The van der Waals surface area contributed by atoms with Crippen LogP contribution >= 0.6 is 27.3 Å². The van der Waals surface area contributed by atoms with Gasteiger partial charge in [0.2, 0.25) is 0 Å². The van der Waals surface area contributed by atoms with Gasteiger partial charge < -0.3 is 5.32 Å². The molecule has 0 spiro atoms. The molecule has 3 aromatic rings. The molecule has 0 fully saturated rings. The van der Waals surface area contributed by atoms with Crippen LogP contribution in [0, 0.1) is 6.92 Å². The Labute approximate surface area is 135 Å². The molecule has 0 saturated heterocycles. The van der Waals surface area contributed by atoms with Crippen LogP contribution in [-0.2, 0) is 6.54 Å². The van der Waals surface area contributed by atoms with Crippen LogP contribution in [-0.4, -0.2) is 15.0 Å². The number of thiazole rings is 1. The Bertz CT molecular complexity index is 742. The van der Waals surface area contributed by atoms with Crippen LogP contribution in [0.3, 0.4) is 0 Å². The maximum absolute atomic E-state index is 4.60. The Balaban J connectivity index is 1.69. The zero-order chi connectivity index (χ0) is 14.7. The molecular weight excluding hydrogens is 348 g/mol. The first-order valence-corrected chi connectivity index (χ1v) is 8.11. The van der Waals surface area contributed by atoms with Crippen LogP contribution in [0.4, 0.5) is 5.69 Å². The Hall–Kier alpha value is -1.79. The fourth-order valence-corrected chi connectivity index (χ4v) is 2.85. The SMILES string of the molecule is Cc1cc(NCc2csc(-c3ccccn3)n2)cnc1Br. The highest BCUT2D eigenvalue weighted by atomic mass is 79.9. The van der Waals surface area contributed by atoms with Crippen molar-refractivity contribution in [1.29, 1.82) is 0 Å². The number of pyridine rings is 2. The highest BCUT2D eigenvalue weighted by molar-refractivity contribution is 9.10. The molecule has 3 heterocycles. The summed E-state index contributed by atoms with van der Waals surface area (Å²) in [6.45, 7) is 2.69. The number of hydrogen-bond donors (Lipinski definition) is 1. The minimum atomic E-state index is 0.673. The van der Waals surface area contributed by atoms with Gasteiger partial charge in [-0.15, -0.1) is 11.3 Å². The van der Waals surface area contributed by atoms with Crippen LogP contribution < -0.4 is 5.32 Å². The van der Waals surface area contributed by atoms with E-state index < -0.39 is 0 Å². The molecule has 3 rings (SSSR count). The lowest BCUT2D eigenvalue weighted by Gasteiger charge is -2.05. The average molecular weight is 361 g/mol. The fourth-order valence-electron chi connectivity index (χ4n) is 1.84. The van der Waals surface area contributed by atoms with Gasteiger partial charge in [-0.3, -0.25) is 4.98 Å². The van der Waals surface area contributed by atoms with E-state index in [2.05, 4.69) is 47.6 Å². The second kappa shape index (κ2) is 6.32. The third kappa shape index (κ3) is 3.46. The van der Waals surface area contributed by atoms with E-state index in [9.17, 15) is 0 Å². The van der Waals surface area contributed by atoms with Crippen molar-refractivity contribution in [2.45, 2.75) is 13.5 Å². The zero-order valence-corrected chi connectivity index (χ0v) is 13.8. The van der Waals surface area contributed by atoms with E-state index in [4.69, 9.17) is 0 Å². The summed E-state index contributed by atoms with van der Waals surface area (Å²) in [7, 11) is 0. The fraction of sp³-hybridized carbons (Fsp3) is 0.133. The number of halogens is 1. The lowest BCUT2D eigenvalue weighted by Crippen LogP contribution is -2.00. The summed E-state index contributed by atoms with van der Waals surface area (Å²) in [5.74, 6) is 0. The van der Waals surface area contributed by atoms with Crippen molar-refractivity contribution in [3.05, 3.63) is 57.9 Å². The molecule has 0 unspecified atom stereocenters. The number of nitrogens with zero attached hydrogens (tertiary/aromatic N) is 3. The summed E-state index contributed by atoms with van der Waals surface area (Å²) in [6.07, 6.45) is 3.59. The Morgan fingerprint density at radius 1 is 1.29 bits per heavy atom. The molecule has 1 N–H and O–H groups in total. The van der Waals surface area contributed by atoms with Gasteiger partial charge in [0.1, 0.15) is 9.61 Å². The van der Waals surface area contributed by atoms with Crippen LogP contribution in [0.1, 0.15) is 11.3 Å². The van der Waals surface area contributed by atoms with Gasteiger partial charge in [-0.2, -0.15) is 0 Å². The quantitative estimate of drug-likeness (QED) is 0.705. The lowest BCUT2D eigenvalue weighted by molar-refractivity contribution is 1.06. The number of nitrogens with one attached hydrogen (secondary N) is 1. The molecule has 21 heavy (non-hydrogen) atoms. The van der Waals surface area contributed by atoms with Crippen molar-refractivity contribution >= 4 is 33.0 Å². The van der Waals surface area contributed by atoms with Crippen LogP contribution in [0.2, 0.25) is 0 Å². The van der Waals surface area contributed by atoms with Crippen molar-refractivity contribution in [3.8, 4) is 10.7 Å². The van der Waals surface area contributed by atoms with Crippen molar-refractivity contribution in [3.63, 3.8) is 0 Å². The normalized spacial score (nSPS) is 10.6. The van der Waals surface area contributed by atoms with E-state index >= 15 is 0 Å². The number of hydrogen-bond acceptors (Lipinski definition) is 5. The predicted molar refractivity (Wildman–Crippen MR) is 89.3 cm³/mol. The van der Waals surface area contributed by atoms with Crippen LogP contribution in [0.5, 0.6) is 0 Å². The minimum Gasteiger partial charge on any atom is -0.378 e. The topological polar surface area (TPSA) is 50.7 Å². The zero-order valence-electron chi connectivity index (χ0n) is 11.4. The summed E-state index contributed by atoms with van der Waals surface area (Å²) in [6, 6.07) is 7.90. The number of aromatic nitrogens is 3. The second-order valence-electron chi connectivity index (χ2n) is 4.54. The molecule has 0 aliphatic carbocycles. The summed E-state index contributed by atoms with van der Waals surface area (Å²) >= 11 is 5.00. The first-order chi connectivity index (χ1) is 10.2. The maximum Gasteiger partial charge on any atom is 0.142 e. The summed E-state index contributed by atoms with van der Waals surface area (Å²) < 4.78 is 0.874. The molecule has 3 aromatic heterocycles. The monoisotopic (exact) mass is 360 g/mol. The van der Waals surface area contributed by atoms with Gasteiger partial charge in [0.05, 0.1) is 29.8 Å². The van der Waals surface area contributed by atoms with Crippen molar-refractivity contribution in [2.24, 2.45) is 0 Å². The first kappa shape index (κ1) is 14.2. The van der Waals surface area contributed by atoms with E-state index in [-0.39, 0.29) is 0 Å². The molecule has 6 heteroatoms. The Morgan fingerprint density at radius 3 is 2.95 bits per heavy atom. The summed E-state index contributed by atoms with van der Waals surface area (Å²) in [4.78, 5) is 13.2. The maximum atomic E-state index is 4.60. The lowest BCUT2D eigenvalue weighted by atomic mass is 10.3. The van der Waals surface area contributed by atoms with Gasteiger partial charge in [-0.25, -0.2) is 9.97 Å². The molecule has 0 aromatic carbocycles. The minimum absolute atomic E-state index is 0.673. The Kier molecular flexibility index (Phi) is 4.26. The number of aryl methyl sites for hydroxylation is 1. The van der Waals surface area contributed by atoms with E-state index in [1.54, 1.807) is 17.5 Å². The predicted octanol–water partition coefficient (Wildman–Crippen LogP) is 4.28. The molecule has 0 amide bonds. The molecule has 0 atom stereocenters. The first-order valence-electron chi connectivity index (χ1n) is 6.44. The number of anilines is 1. The smallest absolute Gasteiger partial charge is 0.142 e. The van der Waals surface area contributed by atoms with E-state index in [1.165, 1.54) is 0 Å². The van der Waals surface area contributed by atoms with Crippen LogP contribution in [0.25, 0.3) is 10.7 Å². The molecule has 106 valence electrons. The molecule has 4 nitrogen and oxygen atoms in total. The summed E-state index contributed by atoms with van der Waals surface area (Å²) in [5.41, 5.74) is 4.01.